The Morgan fingerprint density at radius 1 is 1.32 bits per heavy atom. The Bertz CT molecular complexity index is 448. The van der Waals surface area contributed by atoms with Crippen molar-refractivity contribution in [3.63, 3.8) is 0 Å². The number of hydrogen-bond acceptors (Lipinski definition) is 4. The van der Waals surface area contributed by atoms with E-state index in [1.165, 1.54) is 0 Å². The van der Waals surface area contributed by atoms with Crippen molar-refractivity contribution in [2.24, 2.45) is 0 Å². The van der Waals surface area contributed by atoms with E-state index >= 15 is 0 Å². The van der Waals surface area contributed by atoms with Crippen molar-refractivity contribution in [3.8, 4) is 5.75 Å². The highest BCUT2D eigenvalue weighted by Crippen LogP contribution is 2.23. The van der Waals surface area contributed by atoms with E-state index in [0.717, 1.165) is 68.7 Å². The van der Waals surface area contributed by atoms with Crippen LogP contribution in [-0.2, 0) is 11.3 Å². The lowest BCUT2D eigenvalue weighted by molar-refractivity contribution is 0.0374. The number of morpholine rings is 1. The first-order chi connectivity index (χ1) is 10.6. The number of ether oxygens (including phenoxy) is 2. The molecule has 1 aliphatic rings. The Morgan fingerprint density at radius 2 is 2.09 bits per heavy atom. The van der Waals surface area contributed by atoms with Gasteiger partial charge in [-0.3, -0.25) is 4.90 Å². The van der Waals surface area contributed by atoms with Crippen LogP contribution in [0.1, 0.15) is 25.8 Å². The van der Waals surface area contributed by atoms with E-state index < -0.39 is 0 Å². The van der Waals surface area contributed by atoms with Crippen molar-refractivity contribution in [1.82, 2.24) is 10.2 Å². The maximum Gasteiger partial charge on any atom is 0.124 e. The molecule has 1 aliphatic heterocycles. The molecule has 0 unspecified atom stereocenters. The van der Waals surface area contributed by atoms with Gasteiger partial charge in [0.15, 0.2) is 0 Å². The summed E-state index contributed by atoms with van der Waals surface area (Å²) in [5.74, 6) is 0.917. The van der Waals surface area contributed by atoms with Gasteiger partial charge in [0.2, 0.25) is 0 Å². The van der Waals surface area contributed by atoms with Crippen molar-refractivity contribution < 1.29 is 9.47 Å². The maximum atomic E-state index is 6.09. The summed E-state index contributed by atoms with van der Waals surface area (Å²) in [4.78, 5) is 2.46. The van der Waals surface area contributed by atoms with Gasteiger partial charge in [-0.15, -0.1) is 0 Å². The first-order valence-electron chi connectivity index (χ1n) is 8.11. The van der Waals surface area contributed by atoms with Crippen LogP contribution in [0.4, 0.5) is 0 Å². The van der Waals surface area contributed by atoms with Crippen molar-refractivity contribution in [2.45, 2.75) is 32.9 Å². The number of rotatable bonds is 8. The second-order valence-electron chi connectivity index (χ2n) is 5.90. The van der Waals surface area contributed by atoms with Gasteiger partial charge in [0.05, 0.1) is 19.3 Å². The molecule has 2 rings (SSSR count). The number of halogens is 1. The minimum absolute atomic E-state index is 0.168. The SMILES string of the molecule is CC(C)Oc1ccc(Cl)cc1CNCCCN1CCOCC1. The molecule has 0 aromatic heterocycles. The minimum atomic E-state index is 0.168. The van der Waals surface area contributed by atoms with E-state index in [-0.39, 0.29) is 6.10 Å². The second kappa shape index (κ2) is 9.36. The highest BCUT2D eigenvalue weighted by Gasteiger charge is 2.09. The van der Waals surface area contributed by atoms with Gasteiger partial charge in [-0.1, -0.05) is 11.6 Å². The summed E-state index contributed by atoms with van der Waals surface area (Å²) in [6.45, 7) is 10.8. The fourth-order valence-electron chi connectivity index (χ4n) is 2.53. The number of nitrogens with zero attached hydrogens (tertiary/aromatic N) is 1. The third-order valence-electron chi connectivity index (χ3n) is 3.63. The first kappa shape index (κ1) is 17.5. The molecule has 0 radical (unpaired) electrons. The van der Waals surface area contributed by atoms with Crippen LogP contribution in [0, 0.1) is 0 Å². The lowest BCUT2D eigenvalue weighted by atomic mass is 10.2. The summed E-state index contributed by atoms with van der Waals surface area (Å²) >= 11 is 6.09. The van der Waals surface area contributed by atoms with Gasteiger partial charge in [-0.05, 0) is 51.6 Å². The summed E-state index contributed by atoms with van der Waals surface area (Å²) in [5, 5.41) is 4.24. The highest BCUT2D eigenvalue weighted by atomic mass is 35.5. The molecule has 124 valence electrons. The molecule has 0 aliphatic carbocycles. The molecule has 0 saturated carbocycles. The third kappa shape index (κ3) is 6.13. The van der Waals surface area contributed by atoms with Crippen LogP contribution >= 0.6 is 11.6 Å². The molecular weight excluding hydrogens is 300 g/mol. The standard InChI is InChI=1S/C17H27ClN2O2/c1-14(2)22-17-5-4-16(18)12-15(17)13-19-6-3-7-20-8-10-21-11-9-20/h4-5,12,14,19H,3,6-11,13H2,1-2H3. The van der Waals surface area contributed by atoms with Gasteiger partial charge in [0, 0.05) is 30.2 Å². The smallest absolute Gasteiger partial charge is 0.124 e. The summed E-state index contributed by atoms with van der Waals surface area (Å²) in [6, 6.07) is 5.81. The zero-order valence-electron chi connectivity index (χ0n) is 13.6. The molecule has 0 atom stereocenters. The Kier molecular flexibility index (Phi) is 7.46. The van der Waals surface area contributed by atoms with Gasteiger partial charge in [0.25, 0.3) is 0 Å². The Hall–Kier alpha value is -0.810. The molecule has 1 aromatic rings. The molecule has 1 aromatic carbocycles. The van der Waals surface area contributed by atoms with Crippen LogP contribution in [0.3, 0.4) is 0 Å². The van der Waals surface area contributed by atoms with Crippen LogP contribution in [0.25, 0.3) is 0 Å². The van der Waals surface area contributed by atoms with Crippen LogP contribution in [0.2, 0.25) is 5.02 Å². The van der Waals surface area contributed by atoms with Gasteiger partial charge in [-0.2, -0.15) is 0 Å². The van der Waals surface area contributed by atoms with E-state index in [2.05, 4.69) is 10.2 Å². The lowest BCUT2D eigenvalue weighted by Crippen LogP contribution is -2.37. The lowest BCUT2D eigenvalue weighted by Gasteiger charge is -2.26. The maximum absolute atomic E-state index is 6.09. The molecule has 0 bridgehead atoms. The van der Waals surface area contributed by atoms with E-state index in [0.29, 0.717) is 0 Å². The van der Waals surface area contributed by atoms with Gasteiger partial charge < -0.3 is 14.8 Å². The van der Waals surface area contributed by atoms with E-state index in [9.17, 15) is 0 Å². The summed E-state index contributed by atoms with van der Waals surface area (Å²) in [7, 11) is 0. The normalized spacial score (nSPS) is 16.2. The molecule has 0 spiro atoms. The van der Waals surface area contributed by atoms with Crippen molar-refractivity contribution in [3.05, 3.63) is 28.8 Å². The van der Waals surface area contributed by atoms with E-state index in [4.69, 9.17) is 21.1 Å². The fourth-order valence-corrected chi connectivity index (χ4v) is 2.73. The fraction of sp³-hybridized carbons (Fsp3) is 0.647. The average Bonchev–Trinajstić information content (AvgIpc) is 2.50. The summed E-state index contributed by atoms with van der Waals surface area (Å²) < 4.78 is 11.2. The number of nitrogens with one attached hydrogen (secondary N) is 1. The van der Waals surface area contributed by atoms with Crippen molar-refractivity contribution in [1.29, 1.82) is 0 Å². The molecular formula is C17H27ClN2O2. The second-order valence-corrected chi connectivity index (χ2v) is 6.34. The molecule has 1 fully saturated rings. The van der Waals surface area contributed by atoms with E-state index in [1.807, 2.05) is 32.0 Å². The van der Waals surface area contributed by atoms with Crippen LogP contribution in [-0.4, -0.2) is 50.4 Å². The molecule has 5 heteroatoms. The van der Waals surface area contributed by atoms with Crippen molar-refractivity contribution in [2.75, 3.05) is 39.4 Å². The topological polar surface area (TPSA) is 33.7 Å². The zero-order valence-corrected chi connectivity index (χ0v) is 14.4. The molecule has 4 nitrogen and oxygen atoms in total. The minimum Gasteiger partial charge on any atom is -0.491 e. The van der Waals surface area contributed by atoms with Crippen molar-refractivity contribution >= 4 is 11.6 Å². The molecule has 0 amide bonds. The summed E-state index contributed by atoms with van der Waals surface area (Å²) in [6.07, 6.45) is 1.31. The highest BCUT2D eigenvalue weighted by molar-refractivity contribution is 6.30. The van der Waals surface area contributed by atoms with Gasteiger partial charge >= 0.3 is 0 Å². The third-order valence-corrected chi connectivity index (χ3v) is 3.87. The number of benzene rings is 1. The number of hydrogen-bond donors (Lipinski definition) is 1. The first-order valence-corrected chi connectivity index (χ1v) is 8.49. The van der Waals surface area contributed by atoms with E-state index in [1.54, 1.807) is 0 Å². The predicted molar refractivity (Wildman–Crippen MR) is 90.8 cm³/mol. The van der Waals surface area contributed by atoms with Crippen LogP contribution in [0.15, 0.2) is 18.2 Å². The van der Waals surface area contributed by atoms with Gasteiger partial charge in [0.1, 0.15) is 5.75 Å². The predicted octanol–water partition coefficient (Wildman–Crippen LogP) is 2.94. The zero-order chi connectivity index (χ0) is 15.8. The largest absolute Gasteiger partial charge is 0.491 e. The molecule has 22 heavy (non-hydrogen) atoms. The Balaban J connectivity index is 1.72. The van der Waals surface area contributed by atoms with Gasteiger partial charge in [-0.25, -0.2) is 0 Å². The Labute approximate surface area is 138 Å². The monoisotopic (exact) mass is 326 g/mol. The quantitative estimate of drug-likeness (QED) is 0.745. The summed E-state index contributed by atoms with van der Waals surface area (Å²) in [5.41, 5.74) is 1.12. The van der Waals surface area contributed by atoms with Crippen LogP contribution < -0.4 is 10.1 Å². The molecule has 1 N–H and O–H groups in total. The Morgan fingerprint density at radius 3 is 2.82 bits per heavy atom. The molecule has 1 saturated heterocycles. The average molecular weight is 327 g/mol. The van der Waals surface area contributed by atoms with Crippen LogP contribution in [0.5, 0.6) is 5.75 Å². The molecule has 1 heterocycles.